The molecule has 0 bridgehead atoms. The summed E-state index contributed by atoms with van der Waals surface area (Å²) in [5.41, 5.74) is 0. The van der Waals surface area contributed by atoms with Gasteiger partial charge in [-0.15, -0.1) is 23.4 Å². The number of nitrogens with zero attached hydrogens (tertiary/aromatic N) is 3. The quantitative estimate of drug-likeness (QED) is 0.337. The van der Waals surface area contributed by atoms with Gasteiger partial charge in [-0.1, -0.05) is 0 Å². The van der Waals surface area contributed by atoms with E-state index in [1.807, 2.05) is 25.1 Å². The molecule has 0 N–H and O–H groups in total. The summed E-state index contributed by atoms with van der Waals surface area (Å²) in [5.74, 6) is 2.47. The minimum Gasteiger partial charge on any atom is -0.347 e. The van der Waals surface area contributed by atoms with Crippen molar-refractivity contribution in [3.8, 4) is 0 Å². The van der Waals surface area contributed by atoms with Crippen LogP contribution in [0.25, 0.3) is 0 Å². The zero-order chi connectivity index (χ0) is 10.4. The maximum absolute atomic E-state index is 5.60. The molecule has 3 nitrogen and oxygen atoms in total. The Balaban J connectivity index is 2.55. The van der Waals surface area contributed by atoms with Crippen molar-refractivity contribution >= 4 is 29.3 Å². The Morgan fingerprint density at radius 1 is 1.50 bits per heavy atom. The third kappa shape index (κ3) is 3.72. The Kier molecular flexibility index (Phi) is 5.04. The zero-order valence-electron chi connectivity index (χ0n) is 8.40. The lowest BCUT2D eigenvalue weighted by atomic mass is 10.6. The summed E-state index contributed by atoms with van der Waals surface area (Å²) in [5, 5.41) is 1.01. The minimum atomic E-state index is 0.707. The molecule has 0 fully saturated rings. The van der Waals surface area contributed by atoms with Gasteiger partial charge in [0.05, 0.1) is 0 Å². The number of halogens is 1. The predicted molar refractivity (Wildman–Crippen MR) is 62.4 cm³/mol. The van der Waals surface area contributed by atoms with Crippen molar-refractivity contribution in [1.82, 2.24) is 9.97 Å². The number of hydrogen-bond acceptors (Lipinski definition) is 4. The molecule has 0 amide bonds. The molecule has 0 unspecified atom stereocenters. The van der Waals surface area contributed by atoms with Gasteiger partial charge in [-0.2, -0.15) is 0 Å². The molecule has 0 saturated carbocycles. The van der Waals surface area contributed by atoms with E-state index in [1.54, 1.807) is 18.0 Å². The van der Waals surface area contributed by atoms with Crippen LogP contribution in [-0.4, -0.2) is 35.7 Å². The molecule has 14 heavy (non-hydrogen) atoms. The van der Waals surface area contributed by atoms with Crippen molar-refractivity contribution in [3.63, 3.8) is 0 Å². The topological polar surface area (TPSA) is 29.0 Å². The molecule has 1 heterocycles. The molecule has 0 saturated heterocycles. The van der Waals surface area contributed by atoms with E-state index in [0.29, 0.717) is 5.88 Å². The van der Waals surface area contributed by atoms with E-state index in [9.17, 15) is 0 Å². The van der Waals surface area contributed by atoms with Gasteiger partial charge in [0, 0.05) is 31.9 Å². The maximum Gasteiger partial charge on any atom is 0.225 e. The summed E-state index contributed by atoms with van der Waals surface area (Å²) in [6.45, 7) is 0. The number of aromatic nitrogens is 2. The lowest BCUT2D eigenvalue weighted by Gasteiger charge is -2.10. The van der Waals surface area contributed by atoms with Crippen LogP contribution in [0.15, 0.2) is 17.3 Å². The van der Waals surface area contributed by atoms with Crippen molar-refractivity contribution in [2.75, 3.05) is 30.6 Å². The summed E-state index contributed by atoms with van der Waals surface area (Å²) < 4.78 is 0. The van der Waals surface area contributed by atoms with Gasteiger partial charge in [0.25, 0.3) is 0 Å². The van der Waals surface area contributed by atoms with Crippen LogP contribution in [-0.2, 0) is 0 Å². The van der Waals surface area contributed by atoms with Crippen molar-refractivity contribution < 1.29 is 0 Å². The molecule has 0 aliphatic heterocycles. The van der Waals surface area contributed by atoms with Crippen LogP contribution < -0.4 is 4.90 Å². The molecule has 0 aliphatic carbocycles. The normalized spacial score (nSPS) is 10.2. The fourth-order valence-corrected chi connectivity index (χ4v) is 1.95. The van der Waals surface area contributed by atoms with E-state index < -0.39 is 0 Å². The Bertz CT molecular complexity index is 281. The van der Waals surface area contributed by atoms with E-state index in [-0.39, 0.29) is 0 Å². The van der Waals surface area contributed by atoms with Crippen LogP contribution in [0, 0.1) is 0 Å². The van der Waals surface area contributed by atoms with Gasteiger partial charge >= 0.3 is 0 Å². The van der Waals surface area contributed by atoms with Crippen LogP contribution >= 0.6 is 23.4 Å². The molecule has 78 valence electrons. The van der Waals surface area contributed by atoms with Gasteiger partial charge in [0.2, 0.25) is 5.95 Å². The van der Waals surface area contributed by atoms with E-state index in [4.69, 9.17) is 11.6 Å². The molecular formula is C9H14ClN3S. The molecule has 0 spiro atoms. The Labute approximate surface area is 93.9 Å². The minimum absolute atomic E-state index is 0.707. The number of hydrogen-bond donors (Lipinski definition) is 0. The predicted octanol–water partition coefficient (Wildman–Crippen LogP) is 2.26. The summed E-state index contributed by atoms with van der Waals surface area (Å²) >= 11 is 7.31. The fraction of sp³-hybridized carbons (Fsp3) is 0.556. The summed E-state index contributed by atoms with van der Waals surface area (Å²) in [6, 6.07) is 1.92. The summed E-state index contributed by atoms with van der Waals surface area (Å²) in [7, 11) is 3.87. The van der Waals surface area contributed by atoms with Gasteiger partial charge in [0.15, 0.2) is 0 Å². The number of anilines is 1. The van der Waals surface area contributed by atoms with Crippen molar-refractivity contribution in [1.29, 1.82) is 0 Å². The Hall–Kier alpha value is -0.480. The number of alkyl halides is 1. The van der Waals surface area contributed by atoms with Crippen molar-refractivity contribution in [2.24, 2.45) is 0 Å². The first kappa shape index (κ1) is 11.6. The maximum atomic E-state index is 5.60. The highest BCUT2D eigenvalue weighted by Crippen LogP contribution is 2.17. The van der Waals surface area contributed by atoms with E-state index in [2.05, 4.69) is 9.97 Å². The van der Waals surface area contributed by atoms with Crippen LogP contribution in [0.5, 0.6) is 0 Å². The fourth-order valence-electron chi connectivity index (χ4n) is 0.860. The highest BCUT2D eigenvalue weighted by Gasteiger charge is 2.00. The third-order valence-electron chi connectivity index (χ3n) is 1.55. The molecule has 1 rings (SSSR count). The summed E-state index contributed by atoms with van der Waals surface area (Å²) in [4.78, 5) is 10.4. The van der Waals surface area contributed by atoms with Crippen LogP contribution in [0.2, 0.25) is 0 Å². The highest BCUT2D eigenvalue weighted by atomic mass is 35.5. The first-order chi connectivity index (χ1) is 6.74. The Morgan fingerprint density at radius 3 is 2.93 bits per heavy atom. The molecule has 1 aromatic heterocycles. The molecule has 5 heteroatoms. The van der Waals surface area contributed by atoms with Gasteiger partial charge in [-0.25, -0.2) is 9.97 Å². The van der Waals surface area contributed by atoms with Gasteiger partial charge in [0.1, 0.15) is 5.03 Å². The van der Waals surface area contributed by atoms with Gasteiger partial charge in [-0.05, 0) is 12.5 Å². The largest absolute Gasteiger partial charge is 0.347 e. The monoisotopic (exact) mass is 231 g/mol. The molecule has 0 aromatic carbocycles. The zero-order valence-corrected chi connectivity index (χ0v) is 9.98. The van der Waals surface area contributed by atoms with Crippen molar-refractivity contribution in [2.45, 2.75) is 11.4 Å². The molecule has 0 radical (unpaired) electrons. The van der Waals surface area contributed by atoms with Gasteiger partial charge < -0.3 is 4.90 Å². The SMILES string of the molecule is CN(C)c1nccc(SCCCCl)n1. The lowest BCUT2D eigenvalue weighted by Crippen LogP contribution is -2.12. The molecule has 0 aliphatic rings. The first-order valence-corrected chi connectivity index (χ1v) is 5.95. The highest BCUT2D eigenvalue weighted by molar-refractivity contribution is 7.99. The van der Waals surface area contributed by atoms with Crippen molar-refractivity contribution in [3.05, 3.63) is 12.3 Å². The van der Waals surface area contributed by atoms with Crippen LogP contribution in [0.3, 0.4) is 0 Å². The van der Waals surface area contributed by atoms with Crippen LogP contribution in [0.1, 0.15) is 6.42 Å². The number of thioether (sulfide) groups is 1. The second-order valence-electron chi connectivity index (χ2n) is 2.98. The van der Waals surface area contributed by atoms with Gasteiger partial charge in [-0.3, -0.25) is 0 Å². The standard InChI is InChI=1S/C9H14ClN3S/c1-13(2)9-11-6-4-8(12-9)14-7-3-5-10/h4,6H,3,5,7H2,1-2H3. The summed E-state index contributed by atoms with van der Waals surface area (Å²) in [6.07, 6.45) is 2.79. The second-order valence-corrected chi connectivity index (χ2v) is 4.47. The smallest absolute Gasteiger partial charge is 0.225 e. The molecule has 1 aromatic rings. The van der Waals surface area contributed by atoms with E-state index >= 15 is 0 Å². The average molecular weight is 232 g/mol. The van der Waals surface area contributed by atoms with E-state index in [0.717, 1.165) is 23.1 Å². The first-order valence-electron chi connectivity index (χ1n) is 4.43. The lowest BCUT2D eigenvalue weighted by molar-refractivity contribution is 0.948. The molecule has 0 atom stereocenters. The second kappa shape index (κ2) is 6.09. The van der Waals surface area contributed by atoms with E-state index in [1.165, 1.54) is 0 Å². The van der Waals surface area contributed by atoms with Crippen LogP contribution in [0.4, 0.5) is 5.95 Å². The third-order valence-corrected chi connectivity index (χ3v) is 2.83. The molecular weight excluding hydrogens is 218 g/mol. The Morgan fingerprint density at radius 2 is 2.29 bits per heavy atom. The number of rotatable bonds is 5. The average Bonchev–Trinajstić information content (AvgIpc) is 2.19.